The SMILES string of the molecule is CN(Cc1ccccc1F)C(=O)c1ccc(C(N)=S)cc1. The van der Waals surface area contributed by atoms with Crippen LogP contribution in [0.4, 0.5) is 4.39 Å². The molecule has 0 fully saturated rings. The van der Waals surface area contributed by atoms with Crippen molar-refractivity contribution in [1.82, 2.24) is 4.90 Å². The number of hydrogen-bond donors (Lipinski definition) is 1. The Morgan fingerprint density at radius 2 is 1.71 bits per heavy atom. The molecule has 0 aliphatic carbocycles. The quantitative estimate of drug-likeness (QED) is 0.883. The van der Waals surface area contributed by atoms with Crippen LogP contribution in [0.2, 0.25) is 0 Å². The Balaban J connectivity index is 2.12. The Labute approximate surface area is 128 Å². The molecule has 0 spiro atoms. The number of benzene rings is 2. The fourth-order valence-electron chi connectivity index (χ4n) is 1.95. The number of rotatable bonds is 4. The van der Waals surface area contributed by atoms with E-state index in [9.17, 15) is 9.18 Å². The van der Waals surface area contributed by atoms with Gasteiger partial charge in [0, 0.05) is 30.3 Å². The van der Waals surface area contributed by atoms with E-state index in [-0.39, 0.29) is 23.3 Å². The van der Waals surface area contributed by atoms with Crippen molar-refractivity contribution in [3.63, 3.8) is 0 Å². The number of thiocarbonyl (C=S) groups is 1. The summed E-state index contributed by atoms with van der Waals surface area (Å²) in [5.74, 6) is -0.506. The minimum absolute atomic E-state index is 0.187. The number of nitrogens with zero attached hydrogens (tertiary/aromatic N) is 1. The summed E-state index contributed by atoms with van der Waals surface area (Å²) in [6.07, 6.45) is 0. The van der Waals surface area contributed by atoms with Gasteiger partial charge >= 0.3 is 0 Å². The van der Waals surface area contributed by atoms with Crippen molar-refractivity contribution in [2.45, 2.75) is 6.54 Å². The Kier molecular flexibility index (Phi) is 4.65. The molecule has 2 aromatic carbocycles. The zero-order valence-electron chi connectivity index (χ0n) is 11.5. The zero-order chi connectivity index (χ0) is 15.4. The number of halogens is 1. The first-order valence-electron chi connectivity index (χ1n) is 6.38. The molecule has 0 aromatic heterocycles. The third-order valence-electron chi connectivity index (χ3n) is 3.13. The lowest BCUT2D eigenvalue weighted by molar-refractivity contribution is 0.0784. The van der Waals surface area contributed by atoms with Gasteiger partial charge in [-0.2, -0.15) is 0 Å². The summed E-state index contributed by atoms with van der Waals surface area (Å²) in [5.41, 5.74) is 7.21. The van der Waals surface area contributed by atoms with E-state index in [1.54, 1.807) is 49.5 Å². The molecule has 0 bridgehead atoms. The number of hydrogen-bond acceptors (Lipinski definition) is 2. The highest BCUT2D eigenvalue weighted by atomic mass is 32.1. The van der Waals surface area contributed by atoms with E-state index in [0.29, 0.717) is 16.7 Å². The summed E-state index contributed by atoms with van der Waals surface area (Å²) in [4.78, 5) is 14.0. The van der Waals surface area contributed by atoms with Crippen LogP contribution in [-0.4, -0.2) is 22.8 Å². The maximum Gasteiger partial charge on any atom is 0.253 e. The first kappa shape index (κ1) is 15.1. The van der Waals surface area contributed by atoms with Gasteiger partial charge < -0.3 is 10.6 Å². The maximum absolute atomic E-state index is 13.6. The van der Waals surface area contributed by atoms with Crippen molar-refractivity contribution in [3.8, 4) is 0 Å². The second-order valence-corrected chi connectivity index (χ2v) is 5.13. The molecule has 5 heteroatoms. The number of amides is 1. The molecule has 2 aromatic rings. The highest BCUT2D eigenvalue weighted by molar-refractivity contribution is 7.80. The summed E-state index contributed by atoms with van der Waals surface area (Å²) >= 11 is 4.86. The van der Waals surface area contributed by atoms with Crippen molar-refractivity contribution in [2.75, 3.05) is 7.05 Å². The van der Waals surface area contributed by atoms with Gasteiger partial charge in [-0.15, -0.1) is 0 Å². The molecule has 0 heterocycles. The van der Waals surface area contributed by atoms with Crippen LogP contribution in [0.3, 0.4) is 0 Å². The van der Waals surface area contributed by atoms with Crippen LogP contribution >= 0.6 is 12.2 Å². The molecule has 3 nitrogen and oxygen atoms in total. The largest absolute Gasteiger partial charge is 0.389 e. The molecule has 21 heavy (non-hydrogen) atoms. The van der Waals surface area contributed by atoms with Crippen molar-refractivity contribution in [3.05, 3.63) is 71.0 Å². The van der Waals surface area contributed by atoms with Gasteiger partial charge in [-0.3, -0.25) is 4.79 Å². The van der Waals surface area contributed by atoms with Gasteiger partial charge in [0.05, 0.1) is 0 Å². The van der Waals surface area contributed by atoms with E-state index in [2.05, 4.69) is 0 Å². The van der Waals surface area contributed by atoms with Crippen molar-refractivity contribution >= 4 is 23.1 Å². The molecule has 2 N–H and O–H groups in total. The van der Waals surface area contributed by atoms with E-state index >= 15 is 0 Å². The molecule has 2 rings (SSSR count). The van der Waals surface area contributed by atoms with Gasteiger partial charge in [0.2, 0.25) is 0 Å². The summed E-state index contributed by atoms with van der Waals surface area (Å²) in [6.45, 7) is 0.211. The molecule has 108 valence electrons. The lowest BCUT2D eigenvalue weighted by atomic mass is 10.1. The lowest BCUT2D eigenvalue weighted by Gasteiger charge is -2.18. The van der Waals surface area contributed by atoms with Crippen LogP contribution in [0.15, 0.2) is 48.5 Å². The lowest BCUT2D eigenvalue weighted by Crippen LogP contribution is -2.26. The molecule has 0 saturated carbocycles. The van der Waals surface area contributed by atoms with Crippen LogP contribution in [0, 0.1) is 5.82 Å². The van der Waals surface area contributed by atoms with Crippen LogP contribution in [0.5, 0.6) is 0 Å². The number of carbonyl (C=O) groups excluding carboxylic acids is 1. The van der Waals surface area contributed by atoms with E-state index in [1.165, 1.54) is 11.0 Å². The predicted molar refractivity (Wildman–Crippen MR) is 84.5 cm³/mol. The van der Waals surface area contributed by atoms with Gasteiger partial charge in [-0.1, -0.05) is 42.5 Å². The first-order valence-corrected chi connectivity index (χ1v) is 6.78. The van der Waals surface area contributed by atoms with E-state index in [1.807, 2.05) is 0 Å². The fraction of sp³-hybridized carbons (Fsp3) is 0.125. The molecular formula is C16H15FN2OS. The Hall–Kier alpha value is -2.27. The van der Waals surface area contributed by atoms with Crippen LogP contribution in [0.1, 0.15) is 21.5 Å². The Morgan fingerprint density at radius 1 is 1.14 bits per heavy atom. The summed E-state index contributed by atoms with van der Waals surface area (Å²) < 4.78 is 13.6. The van der Waals surface area contributed by atoms with Gasteiger partial charge in [0.1, 0.15) is 10.8 Å². The average molecular weight is 302 g/mol. The molecular weight excluding hydrogens is 287 g/mol. The number of nitrogens with two attached hydrogens (primary N) is 1. The highest BCUT2D eigenvalue weighted by Crippen LogP contribution is 2.12. The average Bonchev–Trinajstić information content (AvgIpc) is 2.49. The van der Waals surface area contributed by atoms with Gasteiger partial charge in [0.25, 0.3) is 5.91 Å². The van der Waals surface area contributed by atoms with Crippen LogP contribution in [-0.2, 0) is 6.54 Å². The molecule has 0 saturated heterocycles. The summed E-state index contributed by atoms with van der Waals surface area (Å²) in [5, 5.41) is 0. The first-order chi connectivity index (χ1) is 9.99. The van der Waals surface area contributed by atoms with Crippen LogP contribution in [0.25, 0.3) is 0 Å². The van der Waals surface area contributed by atoms with Crippen molar-refractivity contribution in [1.29, 1.82) is 0 Å². The van der Waals surface area contributed by atoms with Crippen molar-refractivity contribution < 1.29 is 9.18 Å². The minimum atomic E-state index is -0.319. The Bertz CT molecular complexity index is 670. The molecule has 0 unspecified atom stereocenters. The predicted octanol–water partition coefficient (Wildman–Crippen LogP) is 2.73. The maximum atomic E-state index is 13.6. The highest BCUT2D eigenvalue weighted by Gasteiger charge is 2.13. The standard InChI is InChI=1S/C16H15FN2OS/c1-19(10-13-4-2-3-5-14(13)17)16(20)12-8-6-11(7-9-12)15(18)21/h2-9H,10H2,1H3,(H2,18,21). The van der Waals surface area contributed by atoms with E-state index in [0.717, 1.165) is 0 Å². The third-order valence-corrected chi connectivity index (χ3v) is 3.36. The molecule has 0 aliphatic heterocycles. The Morgan fingerprint density at radius 3 is 2.29 bits per heavy atom. The van der Waals surface area contributed by atoms with E-state index < -0.39 is 0 Å². The summed E-state index contributed by atoms with van der Waals surface area (Å²) in [6, 6.07) is 13.1. The van der Waals surface area contributed by atoms with Gasteiger partial charge in [-0.05, 0) is 18.2 Å². The van der Waals surface area contributed by atoms with Crippen LogP contribution < -0.4 is 5.73 Å². The van der Waals surface area contributed by atoms with Crippen molar-refractivity contribution in [2.24, 2.45) is 5.73 Å². The zero-order valence-corrected chi connectivity index (χ0v) is 12.4. The normalized spacial score (nSPS) is 10.2. The molecule has 0 radical (unpaired) electrons. The number of carbonyl (C=O) groups is 1. The van der Waals surface area contributed by atoms with Gasteiger partial charge in [0.15, 0.2) is 0 Å². The second kappa shape index (κ2) is 6.45. The van der Waals surface area contributed by atoms with E-state index in [4.69, 9.17) is 18.0 Å². The third kappa shape index (κ3) is 3.64. The molecule has 0 atom stereocenters. The fourth-order valence-corrected chi connectivity index (χ4v) is 2.09. The monoisotopic (exact) mass is 302 g/mol. The smallest absolute Gasteiger partial charge is 0.253 e. The van der Waals surface area contributed by atoms with Gasteiger partial charge in [-0.25, -0.2) is 4.39 Å². The molecule has 0 aliphatic rings. The topological polar surface area (TPSA) is 46.3 Å². The molecule has 1 amide bonds. The second-order valence-electron chi connectivity index (χ2n) is 4.69. The minimum Gasteiger partial charge on any atom is -0.389 e. The summed E-state index contributed by atoms with van der Waals surface area (Å²) in [7, 11) is 1.64.